The molecule has 0 aromatic carbocycles. The van der Waals surface area contributed by atoms with Crippen molar-refractivity contribution in [2.75, 3.05) is 0 Å². The van der Waals surface area contributed by atoms with Crippen LogP contribution in [0.2, 0.25) is 0 Å². The van der Waals surface area contributed by atoms with Crippen molar-refractivity contribution >= 4 is 0 Å². The highest BCUT2D eigenvalue weighted by Crippen LogP contribution is 2.27. The van der Waals surface area contributed by atoms with Crippen LogP contribution in [0, 0.1) is 0 Å². The van der Waals surface area contributed by atoms with E-state index in [1.54, 1.807) is 0 Å². The monoisotopic (exact) mass is 236 g/mol. The normalized spacial score (nSPS) is 10.0. The van der Waals surface area contributed by atoms with Crippen LogP contribution in [0.15, 0.2) is 62.2 Å². The van der Waals surface area contributed by atoms with Crippen molar-refractivity contribution in [3.8, 4) is 11.1 Å². The lowest BCUT2D eigenvalue weighted by molar-refractivity contribution is 1.13. The van der Waals surface area contributed by atoms with Gasteiger partial charge in [0.25, 0.3) is 0 Å². The van der Waals surface area contributed by atoms with E-state index in [4.69, 9.17) is 0 Å². The Morgan fingerprint density at radius 2 is 1.44 bits per heavy atom. The third-order valence-corrected chi connectivity index (χ3v) is 2.80. The first-order valence-electron chi connectivity index (χ1n) is 5.94. The zero-order valence-corrected chi connectivity index (χ0v) is 10.3. The number of hydrogen-bond donors (Lipinski definition) is 0. The molecule has 0 amide bonds. The van der Waals surface area contributed by atoms with Crippen molar-refractivity contribution in [3.63, 3.8) is 0 Å². The van der Waals surface area contributed by atoms with Crippen LogP contribution in [-0.4, -0.2) is 9.97 Å². The molecule has 0 aliphatic heterocycles. The molecule has 0 saturated carbocycles. The highest BCUT2D eigenvalue weighted by molar-refractivity contribution is 5.70. The maximum Gasteiger partial charge on any atom is 0.0309 e. The Morgan fingerprint density at radius 3 is 1.94 bits per heavy atom. The summed E-state index contributed by atoms with van der Waals surface area (Å²) < 4.78 is 0. The van der Waals surface area contributed by atoms with Gasteiger partial charge in [-0.15, -0.1) is 13.2 Å². The third kappa shape index (κ3) is 2.54. The second-order valence-electron chi connectivity index (χ2n) is 4.05. The van der Waals surface area contributed by atoms with Gasteiger partial charge in [0.15, 0.2) is 0 Å². The highest BCUT2D eigenvalue weighted by Gasteiger charge is 2.09. The molecule has 0 spiro atoms. The number of nitrogens with zero attached hydrogens (tertiary/aromatic N) is 2. The Hall–Kier alpha value is -2.22. The van der Waals surface area contributed by atoms with E-state index in [9.17, 15) is 0 Å². The maximum atomic E-state index is 4.30. The third-order valence-electron chi connectivity index (χ3n) is 2.80. The SMILES string of the molecule is C=CCc1cncc(CC=C)c1-c1ccncc1. The van der Waals surface area contributed by atoms with Crippen LogP contribution >= 0.6 is 0 Å². The van der Waals surface area contributed by atoms with E-state index in [1.807, 2.05) is 49.1 Å². The Balaban J connectivity index is 2.59. The molecule has 0 bridgehead atoms. The van der Waals surface area contributed by atoms with Gasteiger partial charge in [0.1, 0.15) is 0 Å². The van der Waals surface area contributed by atoms with Gasteiger partial charge in [-0.3, -0.25) is 9.97 Å². The molecule has 0 saturated heterocycles. The van der Waals surface area contributed by atoms with Crippen molar-refractivity contribution in [2.45, 2.75) is 12.8 Å². The minimum Gasteiger partial charge on any atom is -0.265 e. The van der Waals surface area contributed by atoms with Crippen molar-refractivity contribution < 1.29 is 0 Å². The van der Waals surface area contributed by atoms with E-state index < -0.39 is 0 Å². The molecule has 0 aliphatic rings. The molecule has 0 radical (unpaired) electrons. The minimum atomic E-state index is 0.815. The van der Waals surface area contributed by atoms with E-state index in [1.165, 1.54) is 22.3 Å². The molecule has 2 rings (SSSR count). The number of hydrogen-bond acceptors (Lipinski definition) is 2. The van der Waals surface area contributed by atoms with Crippen LogP contribution in [0.3, 0.4) is 0 Å². The van der Waals surface area contributed by atoms with Gasteiger partial charge in [-0.05, 0) is 47.2 Å². The Bertz CT molecular complexity index is 516. The Morgan fingerprint density at radius 1 is 0.889 bits per heavy atom. The largest absolute Gasteiger partial charge is 0.265 e. The van der Waals surface area contributed by atoms with Crippen LogP contribution in [0.1, 0.15) is 11.1 Å². The summed E-state index contributed by atoms with van der Waals surface area (Å²) in [5.41, 5.74) is 4.78. The zero-order chi connectivity index (χ0) is 12.8. The molecule has 2 nitrogen and oxygen atoms in total. The minimum absolute atomic E-state index is 0.815. The molecule has 0 N–H and O–H groups in total. The Kier molecular flexibility index (Phi) is 4.02. The lowest BCUT2D eigenvalue weighted by Crippen LogP contribution is -1.96. The van der Waals surface area contributed by atoms with Gasteiger partial charge in [-0.2, -0.15) is 0 Å². The molecule has 0 fully saturated rings. The molecular formula is C16H16N2. The highest BCUT2D eigenvalue weighted by atomic mass is 14.6. The van der Waals surface area contributed by atoms with Gasteiger partial charge in [0, 0.05) is 24.8 Å². The zero-order valence-electron chi connectivity index (χ0n) is 10.3. The fourth-order valence-electron chi connectivity index (χ4n) is 2.06. The molecule has 90 valence electrons. The summed E-state index contributed by atoms with van der Waals surface area (Å²) in [7, 11) is 0. The topological polar surface area (TPSA) is 25.8 Å². The summed E-state index contributed by atoms with van der Waals surface area (Å²) in [5.74, 6) is 0. The van der Waals surface area contributed by atoms with Crippen molar-refractivity contribution in [1.82, 2.24) is 9.97 Å². The molecule has 2 aromatic rings. The predicted molar refractivity (Wildman–Crippen MR) is 75.3 cm³/mol. The van der Waals surface area contributed by atoms with Crippen LogP contribution < -0.4 is 0 Å². The average Bonchev–Trinajstić information content (AvgIpc) is 2.41. The van der Waals surface area contributed by atoms with Gasteiger partial charge in [0.05, 0.1) is 0 Å². The standard InChI is InChI=1S/C16H16N2/c1-3-5-14-11-18-12-15(6-4-2)16(14)13-7-9-17-10-8-13/h3-4,7-12H,1-2,5-6H2. The average molecular weight is 236 g/mol. The van der Waals surface area contributed by atoms with E-state index in [2.05, 4.69) is 23.1 Å². The van der Waals surface area contributed by atoms with E-state index >= 15 is 0 Å². The maximum absolute atomic E-state index is 4.30. The second-order valence-corrected chi connectivity index (χ2v) is 4.05. The first-order chi connectivity index (χ1) is 8.86. The summed E-state index contributed by atoms with van der Waals surface area (Å²) in [6.07, 6.45) is 12.9. The van der Waals surface area contributed by atoms with Crippen LogP contribution in [0.25, 0.3) is 11.1 Å². The second kappa shape index (κ2) is 5.92. The molecule has 2 heteroatoms. The molecule has 0 unspecified atom stereocenters. The van der Waals surface area contributed by atoms with Gasteiger partial charge in [0.2, 0.25) is 0 Å². The fourth-order valence-corrected chi connectivity index (χ4v) is 2.06. The lowest BCUT2D eigenvalue weighted by atomic mass is 9.94. The fraction of sp³-hybridized carbons (Fsp3) is 0.125. The quantitative estimate of drug-likeness (QED) is 0.741. The summed E-state index contributed by atoms with van der Waals surface area (Å²) in [6.45, 7) is 7.61. The van der Waals surface area contributed by atoms with E-state index in [-0.39, 0.29) is 0 Å². The molecular weight excluding hydrogens is 220 g/mol. The number of allylic oxidation sites excluding steroid dienone is 2. The molecule has 0 aliphatic carbocycles. The molecule has 2 aromatic heterocycles. The first-order valence-corrected chi connectivity index (χ1v) is 5.94. The van der Waals surface area contributed by atoms with Gasteiger partial charge in [-0.25, -0.2) is 0 Å². The van der Waals surface area contributed by atoms with E-state index in [0.717, 1.165) is 12.8 Å². The van der Waals surface area contributed by atoms with Crippen LogP contribution in [0.5, 0.6) is 0 Å². The number of rotatable bonds is 5. The van der Waals surface area contributed by atoms with Gasteiger partial charge >= 0.3 is 0 Å². The smallest absolute Gasteiger partial charge is 0.0309 e. The van der Waals surface area contributed by atoms with Crippen molar-refractivity contribution in [3.05, 3.63) is 73.4 Å². The summed E-state index contributed by atoms with van der Waals surface area (Å²) in [4.78, 5) is 8.36. The molecule has 0 atom stereocenters. The summed E-state index contributed by atoms with van der Waals surface area (Å²) >= 11 is 0. The van der Waals surface area contributed by atoms with Crippen LogP contribution in [0.4, 0.5) is 0 Å². The molecule has 18 heavy (non-hydrogen) atoms. The number of pyridine rings is 2. The lowest BCUT2D eigenvalue weighted by Gasteiger charge is -2.12. The van der Waals surface area contributed by atoms with Crippen molar-refractivity contribution in [1.29, 1.82) is 0 Å². The van der Waals surface area contributed by atoms with E-state index in [0.29, 0.717) is 0 Å². The number of aromatic nitrogens is 2. The predicted octanol–water partition coefficient (Wildman–Crippen LogP) is 3.60. The Labute approximate surface area is 108 Å². The van der Waals surface area contributed by atoms with Gasteiger partial charge in [-0.1, -0.05) is 12.2 Å². The van der Waals surface area contributed by atoms with Gasteiger partial charge < -0.3 is 0 Å². The summed E-state index contributed by atoms with van der Waals surface area (Å²) in [5, 5.41) is 0. The van der Waals surface area contributed by atoms with Crippen molar-refractivity contribution in [2.24, 2.45) is 0 Å². The summed E-state index contributed by atoms with van der Waals surface area (Å²) in [6, 6.07) is 4.04. The molecule has 2 heterocycles. The van der Waals surface area contributed by atoms with Crippen LogP contribution in [-0.2, 0) is 12.8 Å². The first kappa shape index (κ1) is 12.2.